The third kappa shape index (κ3) is 8.12. The Morgan fingerprint density at radius 3 is 1.23 bits per heavy atom. The Morgan fingerprint density at radius 2 is 0.649 bits per heavy atom. The van der Waals surface area contributed by atoms with E-state index in [1.807, 2.05) is 60.7 Å². The lowest BCUT2D eigenvalue weighted by Crippen LogP contribution is -2.74. The summed E-state index contributed by atoms with van der Waals surface area (Å²) in [6.45, 7) is 0. The highest BCUT2D eigenvalue weighted by Gasteiger charge is 2.41. The van der Waals surface area contributed by atoms with Gasteiger partial charge in [-0.25, -0.2) is 15.0 Å². The van der Waals surface area contributed by atoms with Crippen molar-refractivity contribution < 1.29 is 4.42 Å². The summed E-state index contributed by atoms with van der Waals surface area (Å²) in [6.07, 6.45) is 0. The van der Waals surface area contributed by atoms with Gasteiger partial charge >= 0.3 is 0 Å². The maximum Gasteiger partial charge on any atom is 0.179 e. The van der Waals surface area contributed by atoms with E-state index < -0.39 is 8.07 Å². The fourth-order valence-electron chi connectivity index (χ4n) is 10.8. The highest BCUT2D eigenvalue weighted by Crippen LogP contribution is 2.44. The molecule has 0 saturated heterocycles. The first-order chi connectivity index (χ1) is 36.7. The normalized spacial score (nSPS) is 11.5. The molecule has 0 amide bonds. The van der Waals surface area contributed by atoms with Crippen LogP contribution in [0, 0.1) is 0 Å². The summed E-state index contributed by atoms with van der Waals surface area (Å²) in [6, 6.07) is 102. The number of fused-ring (bicyclic) bond motifs is 3. The molecule has 13 aromatic rings. The van der Waals surface area contributed by atoms with Crippen molar-refractivity contribution in [2.75, 3.05) is 0 Å². The Kier molecular flexibility index (Phi) is 11.5. The topological polar surface area (TPSA) is 51.8 Å². The van der Waals surface area contributed by atoms with Crippen LogP contribution in [0.2, 0.25) is 0 Å². The number of aromatic nitrogens is 3. The van der Waals surface area contributed by atoms with Gasteiger partial charge in [0.1, 0.15) is 11.2 Å². The Bertz CT molecular complexity index is 4000. The van der Waals surface area contributed by atoms with E-state index in [2.05, 4.69) is 224 Å². The summed E-state index contributed by atoms with van der Waals surface area (Å²) in [5.74, 6) is 1.80. The van der Waals surface area contributed by atoms with Crippen LogP contribution in [-0.4, -0.2) is 23.0 Å². The number of para-hydroxylation sites is 1. The van der Waals surface area contributed by atoms with Crippen molar-refractivity contribution in [3.63, 3.8) is 0 Å². The SMILES string of the molecule is c1ccc(-c2cc(-c3ccc(-c4nc(-c5ccccc5)nc(-c5ccc6oc7ccccc7c6c5)n4)cc3)c(-c3ccccc3)c(-c3cccc([Si](c4ccccc4)(c4ccccc4)c4ccccc4)c3)c2)cc1. The molecule has 0 N–H and O–H groups in total. The average molecular weight is 962 g/mol. The molecule has 0 atom stereocenters. The van der Waals surface area contributed by atoms with Crippen LogP contribution in [0.25, 0.3) is 101 Å². The minimum atomic E-state index is -2.85. The van der Waals surface area contributed by atoms with Crippen molar-refractivity contribution in [3.05, 3.63) is 285 Å². The third-order valence-electron chi connectivity index (χ3n) is 14.3. The summed E-state index contributed by atoms with van der Waals surface area (Å²) in [7, 11) is -2.85. The lowest BCUT2D eigenvalue weighted by atomic mass is 9.84. The Morgan fingerprint density at radius 1 is 0.243 bits per heavy atom. The van der Waals surface area contributed by atoms with E-state index in [0.29, 0.717) is 17.5 Å². The fourth-order valence-corrected chi connectivity index (χ4v) is 15.6. The lowest BCUT2D eigenvalue weighted by molar-refractivity contribution is 0.669. The van der Waals surface area contributed by atoms with Gasteiger partial charge in [0, 0.05) is 27.5 Å². The van der Waals surface area contributed by atoms with Gasteiger partial charge in [0.15, 0.2) is 25.5 Å². The average Bonchev–Trinajstić information content (AvgIpc) is 3.90. The van der Waals surface area contributed by atoms with Crippen molar-refractivity contribution in [3.8, 4) is 78.7 Å². The van der Waals surface area contributed by atoms with E-state index in [1.54, 1.807) is 0 Å². The van der Waals surface area contributed by atoms with Gasteiger partial charge in [-0.3, -0.25) is 0 Å². The molecular weight excluding hydrogens is 915 g/mol. The molecule has 0 unspecified atom stereocenters. The maximum atomic E-state index is 6.20. The molecule has 11 aromatic carbocycles. The molecule has 348 valence electrons. The molecule has 0 spiro atoms. The van der Waals surface area contributed by atoms with Gasteiger partial charge in [-0.1, -0.05) is 249 Å². The standard InChI is InChI=1S/C69H47N3OSi/c1-7-22-48(23-8-1)55-46-61(49-38-40-52(41-39-49)68-70-67(51-26-11-3-12-27-51)71-69(72-68)54-42-43-65-63(45-54)60-36-19-20-37-64(60)73-65)66(50-24-9-2-10-25-50)62(47-55)53-28-21-35-59(44-53)74(56-29-13-4-14-30-56,57-31-15-5-16-32-57)58-33-17-6-18-34-58/h1-47H. The molecule has 0 radical (unpaired) electrons. The third-order valence-corrected chi connectivity index (χ3v) is 19.1. The molecule has 5 heteroatoms. The van der Waals surface area contributed by atoms with Gasteiger partial charge in [0.2, 0.25) is 0 Å². The zero-order chi connectivity index (χ0) is 49.3. The smallest absolute Gasteiger partial charge is 0.179 e. The highest BCUT2D eigenvalue weighted by molar-refractivity contribution is 7.19. The van der Waals surface area contributed by atoms with Gasteiger partial charge in [-0.2, -0.15) is 0 Å². The second-order valence-corrected chi connectivity index (χ2v) is 22.5. The Labute approximate surface area is 431 Å². The van der Waals surface area contributed by atoms with Gasteiger partial charge in [0.05, 0.1) is 0 Å². The zero-order valence-electron chi connectivity index (χ0n) is 40.4. The van der Waals surface area contributed by atoms with Gasteiger partial charge in [-0.05, 0) is 102 Å². The van der Waals surface area contributed by atoms with Gasteiger partial charge in [0.25, 0.3) is 0 Å². The molecule has 0 aliphatic rings. The van der Waals surface area contributed by atoms with Crippen molar-refractivity contribution in [1.29, 1.82) is 0 Å². The fraction of sp³-hybridized carbons (Fsp3) is 0. The Balaban J connectivity index is 0.996. The summed E-state index contributed by atoms with van der Waals surface area (Å²) in [5.41, 5.74) is 13.5. The Hall–Kier alpha value is -9.55. The minimum absolute atomic E-state index is 0.595. The van der Waals surface area contributed by atoms with Crippen molar-refractivity contribution in [2.45, 2.75) is 0 Å². The zero-order valence-corrected chi connectivity index (χ0v) is 41.4. The molecule has 13 rings (SSSR count). The molecule has 2 heterocycles. The predicted octanol–water partition coefficient (Wildman–Crippen LogP) is 14.8. The first kappa shape index (κ1) is 44.4. The number of hydrogen-bond donors (Lipinski definition) is 0. The van der Waals surface area contributed by atoms with E-state index >= 15 is 0 Å². The summed E-state index contributed by atoms with van der Waals surface area (Å²) in [4.78, 5) is 15.4. The molecular formula is C69H47N3OSi. The van der Waals surface area contributed by atoms with Crippen LogP contribution in [0.15, 0.2) is 290 Å². The molecule has 0 aliphatic heterocycles. The van der Waals surface area contributed by atoms with Crippen LogP contribution >= 0.6 is 0 Å². The van der Waals surface area contributed by atoms with Crippen LogP contribution in [0.4, 0.5) is 0 Å². The second-order valence-electron chi connectivity index (χ2n) is 18.7. The molecule has 74 heavy (non-hydrogen) atoms. The van der Waals surface area contributed by atoms with Crippen molar-refractivity contribution in [2.24, 2.45) is 0 Å². The lowest BCUT2D eigenvalue weighted by Gasteiger charge is -2.34. The molecule has 0 aliphatic carbocycles. The summed E-state index contributed by atoms with van der Waals surface area (Å²) < 4.78 is 6.20. The summed E-state index contributed by atoms with van der Waals surface area (Å²) in [5, 5.41) is 7.41. The number of benzene rings is 11. The van der Waals surface area contributed by atoms with E-state index in [0.717, 1.165) is 83.1 Å². The summed E-state index contributed by atoms with van der Waals surface area (Å²) >= 11 is 0. The van der Waals surface area contributed by atoms with E-state index in [-0.39, 0.29) is 0 Å². The van der Waals surface area contributed by atoms with Crippen molar-refractivity contribution in [1.82, 2.24) is 15.0 Å². The van der Waals surface area contributed by atoms with Crippen LogP contribution in [0.1, 0.15) is 0 Å². The van der Waals surface area contributed by atoms with E-state index in [1.165, 1.54) is 20.7 Å². The van der Waals surface area contributed by atoms with Crippen molar-refractivity contribution >= 4 is 50.8 Å². The number of rotatable bonds is 11. The van der Waals surface area contributed by atoms with Crippen LogP contribution in [0.3, 0.4) is 0 Å². The maximum absolute atomic E-state index is 6.20. The van der Waals surface area contributed by atoms with E-state index in [4.69, 9.17) is 19.4 Å². The van der Waals surface area contributed by atoms with Gasteiger partial charge in [-0.15, -0.1) is 0 Å². The van der Waals surface area contributed by atoms with E-state index in [9.17, 15) is 0 Å². The highest BCUT2D eigenvalue weighted by atomic mass is 28.3. The van der Waals surface area contributed by atoms with Gasteiger partial charge < -0.3 is 4.42 Å². The first-order valence-corrected chi connectivity index (χ1v) is 27.1. The number of furan rings is 1. The molecule has 0 bridgehead atoms. The van der Waals surface area contributed by atoms with Crippen LogP contribution in [0.5, 0.6) is 0 Å². The molecule has 0 fully saturated rings. The largest absolute Gasteiger partial charge is 0.456 e. The van der Waals surface area contributed by atoms with Crippen LogP contribution < -0.4 is 20.7 Å². The number of nitrogens with zero attached hydrogens (tertiary/aromatic N) is 3. The second kappa shape index (κ2) is 19.2. The number of hydrogen-bond acceptors (Lipinski definition) is 4. The first-order valence-electron chi connectivity index (χ1n) is 25.1. The molecule has 0 saturated carbocycles. The molecule has 4 nitrogen and oxygen atoms in total. The monoisotopic (exact) mass is 961 g/mol. The minimum Gasteiger partial charge on any atom is -0.456 e. The van der Waals surface area contributed by atoms with Crippen LogP contribution in [-0.2, 0) is 0 Å². The molecule has 2 aromatic heterocycles. The quantitative estimate of drug-likeness (QED) is 0.0957. The predicted molar refractivity (Wildman–Crippen MR) is 309 cm³/mol.